The lowest BCUT2D eigenvalue weighted by Crippen LogP contribution is -2.29. The Balaban J connectivity index is 1.92. The standard InChI is InChI=1S/C10H14N2O2S/c11-10(13)6-14-12-8-2-1-3-9-7(8)4-5-15-9/h4-5,8,12H,1-3,6H2,(H2,11,13). The van der Waals surface area contributed by atoms with Crippen molar-refractivity contribution in [2.24, 2.45) is 5.73 Å². The van der Waals surface area contributed by atoms with E-state index < -0.39 is 5.91 Å². The van der Waals surface area contributed by atoms with Crippen LogP contribution >= 0.6 is 11.3 Å². The molecular weight excluding hydrogens is 212 g/mol. The second-order valence-corrected chi connectivity index (χ2v) is 4.62. The number of thiophene rings is 1. The van der Waals surface area contributed by atoms with Gasteiger partial charge in [0.25, 0.3) is 0 Å². The number of carbonyl (C=O) groups is 1. The predicted octanol–water partition coefficient (Wildman–Crippen LogP) is 1.13. The van der Waals surface area contributed by atoms with Crippen molar-refractivity contribution in [1.29, 1.82) is 0 Å². The number of primary amides is 1. The molecule has 5 heteroatoms. The summed E-state index contributed by atoms with van der Waals surface area (Å²) in [7, 11) is 0. The van der Waals surface area contributed by atoms with E-state index in [9.17, 15) is 4.79 Å². The van der Waals surface area contributed by atoms with Crippen LogP contribution in [0.15, 0.2) is 11.4 Å². The quantitative estimate of drug-likeness (QED) is 0.756. The molecule has 0 fully saturated rings. The van der Waals surface area contributed by atoms with Crippen LogP contribution in [0.25, 0.3) is 0 Å². The average Bonchev–Trinajstić information content (AvgIpc) is 2.65. The minimum absolute atomic E-state index is 0.0734. The van der Waals surface area contributed by atoms with Crippen LogP contribution in [-0.2, 0) is 16.1 Å². The molecule has 0 spiro atoms. The number of fused-ring (bicyclic) bond motifs is 1. The Morgan fingerprint density at radius 3 is 3.40 bits per heavy atom. The summed E-state index contributed by atoms with van der Waals surface area (Å²) >= 11 is 1.78. The molecule has 0 radical (unpaired) electrons. The molecule has 1 aromatic rings. The molecule has 1 unspecified atom stereocenters. The first-order valence-electron chi connectivity index (χ1n) is 4.99. The SMILES string of the molecule is NC(=O)CONC1CCCc2sccc21. The van der Waals surface area contributed by atoms with E-state index in [1.807, 2.05) is 0 Å². The Bertz CT molecular complexity index is 351. The van der Waals surface area contributed by atoms with E-state index in [-0.39, 0.29) is 12.6 Å². The summed E-state index contributed by atoms with van der Waals surface area (Å²) in [4.78, 5) is 17.0. The van der Waals surface area contributed by atoms with Gasteiger partial charge in [0.1, 0.15) is 6.61 Å². The molecule has 82 valence electrons. The third kappa shape index (κ3) is 2.56. The van der Waals surface area contributed by atoms with E-state index in [1.54, 1.807) is 11.3 Å². The molecule has 1 aliphatic rings. The maximum absolute atomic E-state index is 10.5. The fourth-order valence-electron chi connectivity index (χ4n) is 1.82. The number of hydrogen-bond donors (Lipinski definition) is 2. The third-order valence-corrected chi connectivity index (χ3v) is 3.49. The summed E-state index contributed by atoms with van der Waals surface area (Å²) in [5.41, 5.74) is 9.18. The Kier molecular flexibility index (Phi) is 3.35. The minimum Gasteiger partial charge on any atom is -0.368 e. The van der Waals surface area contributed by atoms with Crippen molar-refractivity contribution in [1.82, 2.24) is 5.48 Å². The van der Waals surface area contributed by atoms with Gasteiger partial charge in [-0.25, -0.2) is 0 Å². The van der Waals surface area contributed by atoms with Gasteiger partial charge >= 0.3 is 0 Å². The van der Waals surface area contributed by atoms with Crippen LogP contribution in [0.4, 0.5) is 0 Å². The molecule has 0 aliphatic heterocycles. The van der Waals surface area contributed by atoms with E-state index in [4.69, 9.17) is 10.6 Å². The first-order valence-corrected chi connectivity index (χ1v) is 5.87. The fraction of sp³-hybridized carbons (Fsp3) is 0.500. The van der Waals surface area contributed by atoms with Gasteiger partial charge < -0.3 is 5.73 Å². The van der Waals surface area contributed by atoms with Crippen LogP contribution in [0.5, 0.6) is 0 Å². The molecule has 1 atom stereocenters. The molecule has 15 heavy (non-hydrogen) atoms. The Morgan fingerprint density at radius 2 is 2.60 bits per heavy atom. The highest BCUT2D eigenvalue weighted by Crippen LogP contribution is 2.32. The van der Waals surface area contributed by atoms with Gasteiger partial charge in [-0.05, 0) is 36.3 Å². The monoisotopic (exact) mass is 226 g/mol. The molecule has 4 nitrogen and oxygen atoms in total. The van der Waals surface area contributed by atoms with Crippen molar-refractivity contribution < 1.29 is 9.63 Å². The molecule has 1 heterocycles. The van der Waals surface area contributed by atoms with E-state index in [1.165, 1.54) is 10.4 Å². The van der Waals surface area contributed by atoms with Crippen LogP contribution in [0.3, 0.4) is 0 Å². The van der Waals surface area contributed by atoms with Gasteiger partial charge in [-0.2, -0.15) is 5.48 Å². The summed E-state index contributed by atoms with van der Waals surface area (Å²) in [5.74, 6) is -0.455. The fourth-order valence-corrected chi connectivity index (χ4v) is 2.81. The van der Waals surface area contributed by atoms with Crippen LogP contribution in [0, 0.1) is 0 Å². The maximum atomic E-state index is 10.5. The van der Waals surface area contributed by atoms with Crippen LogP contribution in [-0.4, -0.2) is 12.5 Å². The molecule has 2 rings (SSSR count). The molecule has 0 saturated heterocycles. The van der Waals surface area contributed by atoms with E-state index in [0.717, 1.165) is 19.3 Å². The Labute approximate surface area is 92.4 Å². The molecule has 1 amide bonds. The lowest BCUT2D eigenvalue weighted by atomic mass is 9.95. The Hall–Kier alpha value is -0.910. The van der Waals surface area contributed by atoms with Crippen molar-refractivity contribution >= 4 is 17.2 Å². The van der Waals surface area contributed by atoms with Gasteiger partial charge in [-0.1, -0.05) is 0 Å². The molecule has 0 aromatic carbocycles. The zero-order chi connectivity index (χ0) is 10.7. The normalized spacial score (nSPS) is 19.9. The highest BCUT2D eigenvalue weighted by molar-refractivity contribution is 7.10. The van der Waals surface area contributed by atoms with Gasteiger partial charge in [0.05, 0.1) is 6.04 Å². The van der Waals surface area contributed by atoms with Gasteiger partial charge in [-0.15, -0.1) is 11.3 Å². The van der Waals surface area contributed by atoms with Crippen molar-refractivity contribution in [3.63, 3.8) is 0 Å². The summed E-state index contributed by atoms with van der Waals surface area (Å²) in [6.07, 6.45) is 3.36. The highest BCUT2D eigenvalue weighted by Gasteiger charge is 2.21. The number of carbonyl (C=O) groups excluding carboxylic acids is 1. The molecule has 1 aromatic heterocycles. The second kappa shape index (κ2) is 4.74. The molecule has 0 saturated carbocycles. The van der Waals surface area contributed by atoms with Crippen molar-refractivity contribution in [2.45, 2.75) is 25.3 Å². The molecular formula is C10H14N2O2S. The number of nitrogens with two attached hydrogens (primary N) is 1. The number of aryl methyl sites for hydroxylation is 1. The molecule has 0 bridgehead atoms. The number of rotatable bonds is 4. The van der Waals surface area contributed by atoms with Crippen molar-refractivity contribution in [3.05, 3.63) is 21.9 Å². The summed E-state index contributed by atoms with van der Waals surface area (Å²) in [6.45, 7) is -0.0734. The average molecular weight is 226 g/mol. The number of nitrogens with one attached hydrogen (secondary N) is 1. The minimum atomic E-state index is -0.455. The van der Waals surface area contributed by atoms with E-state index in [0.29, 0.717) is 0 Å². The predicted molar refractivity (Wildman–Crippen MR) is 58.3 cm³/mol. The second-order valence-electron chi connectivity index (χ2n) is 3.62. The molecule has 1 aliphatic carbocycles. The van der Waals surface area contributed by atoms with E-state index >= 15 is 0 Å². The summed E-state index contributed by atoms with van der Waals surface area (Å²) < 4.78 is 0. The zero-order valence-electron chi connectivity index (χ0n) is 8.36. The number of hydrogen-bond acceptors (Lipinski definition) is 4. The Morgan fingerprint density at radius 1 is 1.73 bits per heavy atom. The first kappa shape index (κ1) is 10.6. The largest absolute Gasteiger partial charge is 0.368 e. The lowest BCUT2D eigenvalue weighted by molar-refractivity contribution is -0.126. The van der Waals surface area contributed by atoms with Gasteiger partial charge in [0.15, 0.2) is 0 Å². The third-order valence-electron chi connectivity index (χ3n) is 2.49. The lowest BCUT2D eigenvalue weighted by Gasteiger charge is -2.22. The van der Waals surface area contributed by atoms with Gasteiger partial charge in [-0.3, -0.25) is 9.63 Å². The molecule has 3 N–H and O–H groups in total. The van der Waals surface area contributed by atoms with Crippen molar-refractivity contribution in [3.8, 4) is 0 Å². The summed E-state index contributed by atoms with van der Waals surface area (Å²) in [6, 6.07) is 2.32. The topological polar surface area (TPSA) is 64.4 Å². The zero-order valence-corrected chi connectivity index (χ0v) is 9.18. The first-order chi connectivity index (χ1) is 7.27. The van der Waals surface area contributed by atoms with Crippen LogP contribution < -0.4 is 11.2 Å². The van der Waals surface area contributed by atoms with Crippen molar-refractivity contribution in [2.75, 3.05) is 6.61 Å². The highest BCUT2D eigenvalue weighted by atomic mass is 32.1. The number of hydroxylamine groups is 1. The van der Waals surface area contributed by atoms with Crippen LogP contribution in [0.2, 0.25) is 0 Å². The van der Waals surface area contributed by atoms with Gasteiger partial charge in [0, 0.05) is 4.88 Å². The number of amides is 1. The maximum Gasteiger partial charge on any atom is 0.245 e. The van der Waals surface area contributed by atoms with Gasteiger partial charge in [0.2, 0.25) is 5.91 Å². The van der Waals surface area contributed by atoms with E-state index in [2.05, 4.69) is 16.9 Å². The van der Waals surface area contributed by atoms with Crippen LogP contribution in [0.1, 0.15) is 29.3 Å². The smallest absolute Gasteiger partial charge is 0.245 e. The summed E-state index contributed by atoms with van der Waals surface area (Å²) in [5, 5.41) is 2.10.